The molecule has 1 atom stereocenters. The molecule has 0 bridgehead atoms. The highest BCUT2D eigenvalue weighted by atomic mass is 35.5. The van der Waals surface area contributed by atoms with Crippen LogP contribution in [0.4, 0.5) is 4.39 Å². The molecule has 0 spiro atoms. The van der Waals surface area contributed by atoms with Gasteiger partial charge in [-0.25, -0.2) is 4.39 Å². The third kappa shape index (κ3) is 2.71. The van der Waals surface area contributed by atoms with Crippen molar-refractivity contribution in [3.05, 3.63) is 70.0 Å². The number of ketones is 1. The Balaban J connectivity index is 2.48. The Morgan fingerprint density at radius 2 is 2.00 bits per heavy atom. The Kier molecular flexibility index (Phi) is 4.16. The maximum atomic E-state index is 13.8. The SMILES string of the molecule is Cc1ccc(Cl)cc1C(=O)C(C#N)c1ccccc1F. The number of Topliss-reactive ketones (excluding diaryl/α,β-unsaturated/α-hetero) is 1. The van der Waals surface area contributed by atoms with Crippen LogP contribution in [-0.4, -0.2) is 5.78 Å². The van der Waals surface area contributed by atoms with Gasteiger partial charge in [-0.3, -0.25) is 4.79 Å². The lowest BCUT2D eigenvalue weighted by molar-refractivity contribution is 0.0977. The van der Waals surface area contributed by atoms with Crippen LogP contribution in [0.15, 0.2) is 42.5 Å². The van der Waals surface area contributed by atoms with Crippen molar-refractivity contribution in [2.24, 2.45) is 0 Å². The van der Waals surface area contributed by atoms with E-state index >= 15 is 0 Å². The third-order valence-corrected chi connectivity index (χ3v) is 3.31. The van der Waals surface area contributed by atoms with Gasteiger partial charge in [-0.1, -0.05) is 35.9 Å². The molecule has 0 heterocycles. The summed E-state index contributed by atoms with van der Waals surface area (Å²) in [5, 5.41) is 9.63. The first-order chi connectivity index (χ1) is 9.54. The van der Waals surface area contributed by atoms with E-state index < -0.39 is 17.5 Å². The van der Waals surface area contributed by atoms with E-state index in [0.29, 0.717) is 16.1 Å². The summed E-state index contributed by atoms with van der Waals surface area (Å²) < 4.78 is 13.8. The van der Waals surface area contributed by atoms with E-state index in [-0.39, 0.29) is 5.56 Å². The number of hydrogen-bond donors (Lipinski definition) is 0. The standard InChI is InChI=1S/C16H11ClFNO/c1-10-6-7-11(17)8-13(10)16(20)14(9-19)12-4-2-3-5-15(12)18/h2-8,14H,1H3. The van der Waals surface area contributed by atoms with E-state index in [0.717, 1.165) is 0 Å². The average Bonchev–Trinajstić information content (AvgIpc) is 2.44. The predicted octanol–water partition coefficient (Wildman–Crippen LogP) is 4.28. The molecule has 0 saturated carbocycles. The lowest BCUT2D eigenvalue weighted by atomic mass is 9.89. The Labute approximate surface area is 121 Å². The molecule has 100 valence electrons. The Morgan fingerprint density at radius 1 is 1.30 bits per heavy atom. The minimum absolute atomic E-state index is 0.0828. The highest BCUT2D eigenvalue weighted by Gasteiger charge is 2.25. The van der Waals surface area contributed by atoms with E-state index in [1.165, 1.54) is 24.3 Å². The van der Waals surface area contributed by atoms with E-state index in [1.807, 2.05) is 6.07 Å². The second-order valence-corrected chi connectivity index (χ2v) is 4.84. The number of hydrogen-bond acceptors (Lipinski definition) is 2. The van der Waals surface area contributed by atoms with Gasteiger partial charge in [-0.2, -0.15) is 5.26 Å². The van der Waals surface area contributed by atoms with E-state index in [9.17, 15) is 14.4 Å². The first-order valence-electron chi connectivity index (χ1n) is 5.99. The summed E-state index contributed by atoms with van der Waals surface area (Å²) in [5.41, 5.74) is 1.13. The molecule has 0 saturated heterocycles. The normalized spacial score (nSPS) is 11.7. The van der Waals surface area contributed by atoms with Gasteiger partial charge in [0.25, 0.3) is 0 Å². The lowest BCUT2D eigenvalue weighted by Crippen LogP contribution is -2.14. The van der Waals surface area contributed by atoms with Gasteiger partial charge in [0.15, 0.2) is 5.78 Å². The van der Waals surface area contributed by atoms with E-state index in [2.05, 4.69) is 0 Å². The van der Waals surface area contributed by atoms with Crippen molar-refractivity contribution < 1.29 is 9.18 Å². The molecule has 0 fully saturated rings. The van der Waals surface area contributed by atoms with Gasteiger partial charge in [0, 0.05) is 16.1 Å². The van der Waals surface area contributed by atoms with Crippen molar-refractivity contribution in [2.75, 3.05) is 0 Å². The molecular formula is C16H11ClFNO. The van der Waals surface area contributed by atoms with Crippen LogP contribution in [0.2, 0.25) is 5.02 Å². The van der Waals surface area contributed by atoms with Crippen molar-refractivity contribution >= 4 is 17.4 Å². The number of carbonyl (C=O) groups excluding carboxylic acids is 1. The van der Waals surface area contributed by atoms with Crippen LogP contribution < -0.4 is 0 Å². The Bertz CT molecular complexity index is 706. The first-order valence-corrected chi connectivity index (χ1v) is 6.37. The molecule has 2 aromatic carbocycles. The number of aryl methyl sites for hydroxylation is 1. The fraction of sp³-hybridized carbons (Fsp3) is 0.125. The van der Waals surface area contributed by atoms with Gasteiger partial charge in [0.05, 0.1) is 6.07 Å². The third-order valence-electron chi connectivity index (χ3n) is 3.07. The van der Waals surface area contributed by atoms with Gasteiger partial charge in [0.2, 0.25) is 0 Å². The second kappa shape index (κ2) is 5.85. The molecule has 0 aliphatic carbocycles. The topological polar surface area (TPSA) is 40.9 Å². The van der Waals surface area contributed by atoms with Crippen LogP contribution in [-0.2, 0) is 0 Å². The largest absolute Gasteiger partial charge is 0.292 e. The number of nitriles is 1. The predicted molar refractivity (Wildman–Crippen MR) is 75.3 cm³/mol. The summed E-state index contributed by atoms with van der Waals surface area (Å²) in [6.45, 7) is 1.75. The van der Waals surface area contributed by atoms with Crippen LogP contribution in [0.5, 0.6) is 0 Å². The summed E-state index contributed by atoms with van der Waals surface area (Å²) in [4.78, 5) is 12.5. The Hall–Kier alpha value is -2.18. The van der Waals surface area contributed by atoms with Crippen LogP contribution >= 0.6 is 11.6 Å². The number of carbonyl (C=O) groups is 1. The molecule has 0 amide bonds. The number of nitrogens with zero attached hydrogens (tertiary/aromatic N) is 1. The van der Waals surface area contributed by atoms with Crippen LogP contribution in [0.25, 0.3) is 0 Å². The number of rotatable bonds is 3. The van der Waals surface area contributed by atoms with E-state index in [1.54, 1.807) is 25.1 Å². The summed E-state index contributed by atoms with van der Waals surface area (Å²) in [6.07, 6.45) is 0. The minimum Gasteiger partial charge on any atom is -0.292 e. The maximum absolute atomic E-state index is 13.8. The second-order valence-electron chi connectivity index (χ2n) is 4.41. The average molecular weight is 288 g/mol. The van der Waals surface area contributed by atoms with Crippen LogP contribution in [0, 0.1) is 24.1 Å². The highest BCUT2D eigenvalue weighted by Crippen LogP contribution is 2.26. The summed E-state index contributed by atoms with van der Waals surface area (Å²) >= 11 is 5.88. The van der Waals surface area contributed by atoms with Gasteiger partial charge in [0.1, 0.15) is 11.7 Å². The molecule has 4 heteroatoms. The van der Waals surface area contributed by atoms with Gasteiger partial charge in [-0.05, 0) is 30.7 Å². The zero-order chi connectivity index (χ0) is 14.7. The van der Waals surface area contributed by atoms with Crippen molar-refractivity contribution in [3.8, 4) is 6.07 Å². The van der Waals surface area contributed by atoms with Crippen LogP contribution in [0.3, 0.4) is 0 Å². The molecular weight excluding hydrogens is 277 g/mol. The summed E-state index contributed by atoms with van der Waals surface area (Å²) in [7, 11) is 0. The van der Waals surface area contributed by atoms with Gasteiger partial charge >= 0.3 is 0 Å². The van der Waals surface area contributed by atoms with Gasteiger partial charge < -0.3 is 0 Å². The minimum atomic E-state index is -1.17. The Morgan fingerprint density at radius 3 is 2.65 bits per heavy atom. The maximum Gasteiger partial charge on any atom is 0.184 e. The van der Waals surface area contributed by atoms with Crippen molar-refractivity contribution in [1.82, 2.24) is 0 Å². The van der Waals surface area contributed by atoms with Gasteiger partial charge in [-0.15, -0.1) is 0 Å². The molecule has 0 aromatic heterocycles. The lowest BCUT2D eigenvalue weighted by Gasteiger charge is -2.11. The van der Waals surface area contributed by atoms with Crippen molar-refractivity contribution in [2.45, 2.75) is 12.8 Å². The molecule has 2 aromatic rings. The smallest absolute Gasteiger partial charge is 0.184 e. The fourth-order valence-electron chi connectivity index (χ4n) is 1.99. The molecule has 2 nitrogen and oxygen atoms in total. The fourth-order valence-corrected chi connectivity index (χ4v) is 2.17. The summed E-state index contributed by atoms with van der Waals surface area (Å²) in [6, 6.07) is 12.5. The molecule has 2 rings (SSSR count). The summed E-state index contributed by atoms with van der Waals surface area (Å²) in [5.74, 6) is -2.18. The zero-order valence-electron chi connectivity index (χ0n) is 10.7. The molecule has 1 unspecified atom stereocenters. The molecule has 0 radical (unpaired) electrons. The molecule has 0 aliphatic rings. The molecule has 20 heavy (non-hydrogen) atoms. The quantitative estimate of drug-likeness (QED) is 0.791. The monoisotopic (exact) mass is 287 g/mol. The zero-order valence-corrected chi connectivity index (χ0v) is 11.5. The number of halogens is 2. The van der Waals surface area contributed by atoms with Crippen molar-refractivity contribution in [3.63, 3.8) is 0 Å². The van der Waals surface area contributed by atoms with E-state index in [4.69, 9.17) is 11.6 Å². The number of benzene rings is 2. The molecule has 0 N–H and O–H groups in total. The highest BCUT2D eigenvalue weighted by molar-refractivity contribution is 6.31. The molecule has 0 aliphatic heterocycles. The first kappa shape index (κ1) is 14.2. The van der Waals surface area contributed by atoms with Crippen molar-refractivity contribution in [1.29, 1.82) is 5.26 Å². The van der Waals surface area contributed by atoms with Crippen LogP contribution in [0.1, 0.15) is 27.4 Å².